The van der Waals surface area contributed by atoms with Crippen LogP contribution in [0.3, 0.4) is 0 Å². The number of carbonyl (C=O) groups excluding carboxylic acids is 1. The molecule has 5 nitrogen and oxygen atoms in total. The summed E-state index contributed by atoms with van der Waals surface area (Å²) in [7, 11) is 3.82. The van der Waals surface area contributed by atoms with Gasteiger partial charge in [0.2, 0.25) is 5.91 Å². The summed E-state index contributed by atoms with van der Waals surface area (Å²) in [6.07, 6.45) is 1.62. The van der Waals surface area contributed by atoms with E-state index in [-0.39, 0.29) is 5.91 Å². The Bertz CT molecular complexity index is 606. The first-order chi connectivity index (χ1) is 9.91. The van der Waals surface area contributed by atoms with Crippen LogP contribution in [0.25, 0.3) is 0 Å². The highest BCUT2D eigenvalue weighted by Crippen LogP contribution is 2.20. The molecule has 1 unspecified atom stereocenters. The highest BCUT2D eigenvalue weighted by molar-refractivity contribution is 5.98. The van der Waals surface area contributed by atoms with Crippen LogP contribution in [0.4, 0.5) is 11.5 Å². The molecule has 1 heterocycles. The summed E-state index contributed by atoms with van der Waals surface area (Å²) in [6, 6.07) is 12.9. The highest BCUT2D eigenvalue weighted by atomic mass is 16.2. The molecule has 3 N–H and O–H groups in total. The molecule has 0 saturated heterocycles. The minimum atomic E-state index is -1.10. The Hall–Kier alpha value is -2.40. The van der Waals surface area contributed by atoms with Crippen LogP contribution in [0.15, 0.2) is 48.7 Å². The maximum absolute atomic E-state index is 12.4. The van der Waals surface area contributed by atoms with Gasteiger partial charge in [-0.05, 0) is 24.6 Å². The molecule has 2 aromatic rings. The maximum Gasteiger partial charge on any atom is 0.248 e. The number of rotatable bonds is 4. The minimum Gasteiger partial charge on any atom is -0.363 e. The number of nitrogens with two attached hydrogens (primary N) is 1. The third-order valence-corrected chi connectivity index (χ3v) is 3.31. The van der Waals surface area contributed by atoms with Crippen LogP contribution >= 0.6 is 0 Å². The van der Waals surface area contributed by atoms with Gasteiger partial charge in [-0.15, -0.1) is 0 Å². The Balaban J connectivity index is 2.14. The SMILES string of the molecule is CN(C)c1ccc(NC(=O)C(C)(N)c2ccccc2)cn1. The summed E-state index contributed by atoms with van der Waals surface area (Å²) in [5.41, 5.74) is 6.46. The number of hydrogen-bond donors (Lipinski definition) is 2. The number of pyridine rings is 1. The largest absolute Gasteiger partial charge is 0.363 e. The zero-order chi connectivity index (χ0) is 15.5. The van der Waals surface area contributed by atoms with Gasteiger partial charge >= 0.3 is 0 Å². The molecule has 0 aliphatic carbocycles. The molecule has 5 heteroatoms. The molecule has 0 fully saturated rings. The lowest BCUT2D eigenvalue weighted by Gasteiger charge is -2.24. The van der Waals surface area contributed by atoms with E-state index in [2.05, 4.69) is 10.3 Å². The van der Waals surface area contributed by atoms with E-state index in [9.17, 15) is 4.79 Å². The van der Waals surface area contributed by atoms with Gasteiger partial charge in [0, 0.05) is 14.1 Å². The quantitative estimate of drug-likeness (QED) is 0.900. The third-order valence-electron chi connectivity index (χ3n) is 3.31. The van der Waals surface area contributed by atoms with Crippen LogP contribution in [-0.2, 0) is 10.3 Å². The fourth-order valence-electron chi connectivity index (χ4n) is 1.90. The van der Waals surface area contributed by atoms with E-state index in [1.54, 1.807) is 19.2 Å². The Morgan fingerprint density at radius 1 is 1.19 bits per heavy atom. The second kappa shape index (κ2) is 5.93. The first-order valence-corrected chi connectivity index (χ1v) is 6.70. The number of anilines is 2. The van der Waals surface area contributed by atoms with Crippen molar-refractivity contribution in [2.45, 2.75) is 12.5 Å². The molecular formula is C16H20N4O. The predicted molar refractivity (Wildman–Crippen MR) is 85.2 cm³/mol. The maximum atomic E-state index is 12.4. The number of nitrogens with zero attached hydrogens (tertiary/aromatic N) is 2. The highest BCUT2D eigenvalue weighted by Gasteiger charge is 2.30. The zero-order valence-corrected chi connectivity index (χ0v) is 12.5. The van der Waals surface area contributed by atoms with Gasteiger partial charge in [0.25, 0.3) is 0 Å². The molecule has 1 amide bonds. The van der Waals surface area contributed by atoms with Crippen LogP contribution < -0.4 is 16.0 Å². The van der Waals surface area contributed by atoms with E-state index in [0.29, 0.717) is 5.69 Å². The van der Waals surface area contributed by atoms with Crippen LogP contribution in [-0.4, -0.2) is 25.0 Å². The topological polar surface area (TPSA) is 71.2 Å². The number of benzene rings is 1. The lowest BCUT2D eigenvalue weighted by atomic mass is 9.92. The molecule has 0 bridgehead atoms. The lowest BCUT2D eigenvalue weighted by molar-refractivity contribution is -0.120. The molecule has 1 aromatic carbocycles. The predicted octanol–water partition coefficient (Wildman–Crippen LogP) is 1.96. The average molecular weight is 284 g/mol. The van der Waals surface area contributed by atoms with Crippen molar-refractivity contribution >= 4 is 17.4 Å². The Morgan fingerprint density at radius 2 is 1.86 bits per heavy atom. The van der Waals surface area contributed by atoms with E-state index in [1.807, 2.05) is 55.4 Å². The fourth-order valence-corrected chi connectivity index (χ4v) is 1.90. The first-order valence-electron chi connectivity index (χ1n) is 6.70. The summed E-state index contributed by atoms with van der Waals surface area (Å²) >= 11 is 0. The normalized spacial score (nSPS) is 13.3. The molecule has 1 atom stereocenters. The van der Waals surface area contributed by atoms with Crippen LogP contribution in [0.5, 0.6) is 0 Å². The van der Waals surface area contributed by atoms with E-state index in [4.69, 9.17) is 5.73 Å². The zero-order valence-electron chi connectivity index (χ0n) is 12.5. The van der Waals surface area contributed by atoms with Gasteiger partial charge < -0.3 is 16.0 Å². The Kier molecular flexibility index (Phi) is 4.23. The van der Waals surface area contributed by atoms with Crippen LogP contribution in [0.1, 0.15) is 12.5 Å². The van der Waals surface area contributed by atoms with Crippen molar-refractivity contribution < 1.29 is 4.79 Å². The molecule has 0 aliphatic heterocycles. The van der Waals surface area contributed by atoms with Crippen molar-refractivity contribution in [3.05, 3.63) is 54.2 Å². The molecule has 0 spiro atoms. The van der Waals surface area contributed by atoms with Gasteiger partial charge in [0.1, 0.15) is 11.4 Å². The van der Waals surface area contributed by atoms with Gasteiger partial charge in [0.05, 0.1) is 11.9 Å². The van der Waals surface area contributed by atoms with E-state index in [0.717, 1.165) is 11.4 Å². The summed E-state index contributed by atoms with van der Waals surface area (Å²) < 4.78 is 0. The van der Waals surface area contributed by atoms with Gasteiger partial charge in [-0.1, -0.05) is 30.3 Å². The summed E-state index contributed by atoms with van der Waals surface area (Å²) in [6.45, 7) is 1.69. The molecule has 110 valence electrons. The lowest BCUT2D eigenvalue weighted by Crippen LogP contribution is -2.45. The second-order valence-corrected chi connectivity index (χ2v) is 5.32. The van der Waals surface area contributed by atoms with Crippen LogP contribution in [0.2, 0.25) is 0 Å². The number of nitrogens with one attached hydrogen (secondary N) is 1. The van der Waals surface area contributed by atoms with E-state index in [1.165, 1.54) is 0 Å². The van der Waals surface area contributed by atoms with Crippen molar-refractivity contribution in [2.75, 3.05) is 24.3 Å². The Morgan fingerprint density at radius 3 is 2.38 bits per heavy atom. The van der Waals surface area contributed by atoms with Crippen molar-refractivity contribution in [3.63, 3.8) is 0 Å². The monoisotopic (exact) mass is 284 g/mol. The summed E-state index contributed by atoms with van der Waals surface area (Å²) in [5.74, 6) is 0.555. The fraction of sp³-hybridized carbons (Fsp3) is 0.250. The number of amides is 1. The number of hydrogen-bond acceptors (Lipinski definition) is 4. The first kappa shape index (κ1) is 15.0. The van der Waals surface area contributed by atoms with Crippen LogP contribution in [0, 0.1) is 0 Å². The summed E-state index contributed by atoms with van der Waals surface area (Å²) in [5, 5.41) is 2.80. The third kappa shape index (κ3) is 3.38. The standard InChI is InChI=1S/C16H20N4O/c1-16(17,12-7-5-4-6-8-12)15(21)19-13-9-10-14(18-11-13)20(2)3/h4-11H,17H2,1-3H3,(H,19,21). The molecule has 21 heavy (non-hydrogen) atoms. The van der Waals surface area contributed by atoms with Gasteiger partial charge in [-0.2, -0.15) is 0 Å². The number of carbonyl (C=O) groups is 1. The van der Waals surface area contributed by atoms with Gasteiger partial charge in [0.15, 0.2) is 0 Å². The van der Waals surface area contributed by atoms with Crippen molar-refractivity contribution in [1.29, 1.82) is 0 Å². The minimum absolute atomic E-state index is 0.270. The second-order valence-electron chi connectivity index (χ2n) is 5.32. The van der Waals surface area contributed by atoms with Crippen molar-refractivity contribution in [3.8, 4) is 0 Å². The van der Waals surface area contributed by atoms with E-state index >= 15 is 0 Å². The Labute approximate surface area is 124 Å². The summed E-state index contributed by atoms with van der Waals surface area (Å²) in [4.78, 5) is 18.5. The molecule has 0 saturated carbocycles. The van der Waals surface area contributed by atoms with Crippen molar-refractivity contribution in [1.82, 2.24) is 4.98 Å². The van der Waals surface area contributed by atoms with Gasteiger partial charge in [-0.3, -0.25) is 4.79 Å². The van der Waals surface area contributed by atoms with E-state index < -0.39 is 5.54 Å². The molecule has 1 aromatic heterocycles. The average Bonchev–Trinajstić information content (AvgIpc) is 2.48. The molecule has 0 aliphatic rings. The number of aromatic nitrogens is 1. The molecule has 2 rings (SSSR count). The molecule has 0 radical (unpaired) electrons. The smallest absolute Gasteiger partial charge is 0.248 e. The molecular weight excluding hydrogens is 264 g/mol. The van der Waals surface area contributed by atoms with Gasteiger partial charge in [-0.25, -0.2) is 4.98 Å². The van der Waals surface area contributed by atoms with Crippen molar-refractivity contribution in [2.24, 2.45) is 5.73 Å².